The van der Waals surface area contributed by atoms with Gasteiger partial charge in [-0.05, 0) is 17.9 Å². The summed E-state index contributed by atoms with van der Waals surface area (Å²) in [4.78, 5) is 4.30. The minimum atomic E-state index is 0.607. The first-order chi connectivity index (χ1) is 7.31. The Labute approximate surface area is 91.1 Å². The van der Waals surface area contributed by atoms with Crippen LogP contribution in [0.1, 0.15) is 26.5 Å². The number of aromatic nitrogens is 1. The minimum absolute atomic E-state index is 0.607. The van der Waals surface area contributed by atoms with Crippen LogP contribution in [0, 0.1) is 0 Å². The van der Waals surface area contributed by atoms with Crippen molar-refractivity contribution < 1.29 is 0 Å². The number of benzene rings is 1. The number of anilines is 1. The Balaban J connectivity index is 0.000000531. The maximum absolute atomic E-state index is 5.69. The first kappa shape index (κ1) is 11.5. The molecule has 1 aromatic heterocycles. The Bertz CT molecular complexity index is 435. The standard InChI is InChI=1S/C11H12N2.C2H6/c1-2-10-9-6-4-3-5-8(9)7-11(12)13-10;1-2/h3-7H,2H2,1H3,(H2,12,13);1-2H3. The molecule has 2 N–H and O–H groups in total. The van der Waals surface area contributed by atoms with Crippen LogP contribution in [0.3, 0.4) is 0 Å². The molecule has 0 atom stereocenters. The summed E-state index contributed by atoms with van der Waals surface area (Å²) in [5.74, 6) is 0.607. The van der Waals surface area contributed by atoms with Crippen LogP contribution in [0.25, 0.3) is 10.8 Å². The van der Waals surface area contributed by atoms with Crippen molar-refractivity contribution in [3.8, 4) is 0 Å². The lowest BCUT2D eigenvalue weighted by atomic mass is 10.1. The van der Waals surface area contributed by atoms with Crippen molar-refractivity contribution in [2.75, 3.05) is 5.73 Å². The largest absolute Gasteiger partial charge is 0.384 e. The Kier molecular flexibility index (Phi) is 4.10. The van der Waals surface area contributed by atoms with Crippen LogP contribution in [-0.2, 0) is 6.42 Å². The van der Waals surface area contributed by atoms with Gasteiger partial charge in [0.15, 0.2) is 0 Å². The van der Waals surface area contributed by atoms with E-state index in [1.54, 1.807) is 0 Å². The molecule has 0 spiro atoms. The molecule has 2 rings (SSSR count). The monoisotopic (exact) mass is 202 g/mol. The van der Waals surface area contributed by atoms with Gasteiger partial charge in [-0.2, -0.15) is 0 Å². The minimum Gasteiger partial charge on any atom is -0.384 e. The molecule has 0 aliphatic heterocycles. The summed E-state index contributed by atoms with van der Waals surface area (Å²) in [6, 6.07) is 10.1. The third-order valence-electron chi connectivity index (χ3n) is 2.17. The number of hydrogen-bond acceptors (Lipinski definition) is 2. The van der Waals surface area contributed by atoms with Crippen molar-refractivity contribution >= 4 is 16.6 Å². The van der Waals surface area contributed by atoms with E-state index in [1.165, 1.54) is 10.8 Å². The van der Waals surface area contributed by atoms with Gasteiger partial charge < -0.3 is 5.73 Å². The number of aryl methyl sites for hydroxylation is 1. The van der Waals surface area contributed by atoms with Gasteiger partial charge in [-0.25, -0.2) is 4.98 Å². The molecular weight excluding hydrogens is 184 g/mol. The highest BCUT2D eigenvalue weighted by molar-refractivity contribution is 5.86. The van der Waals surface area contributed by atoms with E-state index < -0.39 is 0 Å². The van der Waals surface area contributed by atoms with Crippen LogP contribution in [0.2, 0.25) is 0 Å². The fraction of sp³-hybridized carbons (Fsp3) is 0.308. The number of rotatable bonds is 1. The molecule has 0 saturated carbocycles. The molecule has 0 unspecified atom stereocenters. The molecule has 80 valence electrons. The number of hydrogen-bond donors (Lipinski definition) is 1. The summed E-state index contributed by atoms with van der Waals surface area (Å²) in [6.07, 6.45) is 0.922. The van der Waals surface area contributed by atoms with E-state index in [-0.39, 0.29) is 0 Å². The van der Waals surface area contributed by atoms with Gasteiger partial charge >= 0.3 is 0 Å². The second kappa shape index (κ2) is 5.35. The van der Waals surface area contributed by atoms with Crippen LogP contribution in [0.5, 0.6) is 0 Å². The van der Waals surface area contributed by atoms with Crippen LogP contribution in [0.4, 0.5) is 5.82 Å². The highest BCUT2D eigenvalue weighted by atomic mass is 14.8. The van der Waals surface area contributed by atoms with Gasteiger partial charge in [0, 0.05) is 5.39 Å². The normalized spacial score (nSPS) is 9.53. The van der Waals surface area contributed by atoms with Crippen molar-refractivity contribution in [1.29, 1.82) is 0 Å². The van der Waals surface area contributed by atoms with Gasteiger partial charge in [0.25, 0.3) is 0 Å². The SMILES string of the molecule is CC.CCc1nc(N)cc2ccccc12. The van der Waals surface area contributed by atoms with E-state index in [2.05, 4.69) is 24.0 Å². The Morgan fingerprint density at radius 2 is 1.87 bits per heavy atom. The molecule has 0 aliphatic carbocycles. The van der Waals surface area contributed by atoms with E-state index in [0.29, 0.717) is 5.82 Å². The average molecular weight is 202 g/mol. The van der Waals surface area contributed by atoms with E-state index in [4.69, 9.17) is 5.73 Å². The molecular formula is C13H18N2. The summed E-state index contributed by atoms with van der Waals surface area (Å²) >= 11 is 0. The number of nitrogens with zero attached hydrogens (tertiary/aromatic N) is 1. The molecule has 0 amide bonds. The molecule has 2 nitrogen and oxygen atoms in total. The lowest BCUT2D eigenvalue weighted by Gasteiger charge is -2.04. The Morgan fingerprint density at radius 3 is 2.53 bits per heavy atom. The lowest BCUT2D eigenvalue weighted by Crippen LogP contribution is -1.95. The van der Waals surface area contributed by atoms with Gasteiger partial charge in [0.2, 0.25) is 0 Å². The molecule has 0 saturated heterocycles. The lowest BCUT2D eigenvalue weighted by molar-refractivity contribution is 1.06. The van der Waals surface area contributed by atoms with Gasteiger partial charge in [-0.15, -0.1) is 0 Å². The molecule has 0 fully saturated rings. The van der Waals surface area contributed by atoms with Crippen molar-refractivity contribution in [2.24, 2.45) is 0 Å². The molecule has 2 aromatic rings. The fourth-order valence-electron chi connectivity index (χ4n) is 1.56. The summed E-state index contributed by atoms with van der Waals surface area (Å²) in [7, 11) is 0. The molecule has 1 heterocycles. The van der Waals surface area contributed by atoms with Crippen molar-refractivity contribution in [2.45, 2.75) is 27.2 Å². The third-order valence-corrected chi connectivity index (χ3v) is 2.17. The van der Waals surface area contributed by atoms with E-state index in [1.807, 2.05) is 32.0 Å². The zero-order valence-electron chi connectivity index (χ0n) is 9.62. The van der Waals surface area contributed by atoms with Crippen molar-refractivity contribution in [3.63, 3.8) is 0 Å². The van der Waals surface area contributed by atoms with Gasteiger partial charge in [-0.3, -0.25) is 0 Å². The van der Waals surface area contributed by atoms with Crippen LogP contribution < -0.4 is 5.73 Å². The number of pyridine rings is 1. The molecule has 0 bridgehead atoms. The van der Waals surface area contributed by atoms with Crippen LogP contribution in [0.15, 0.2) is 30.3 Å². The third kappa shape index (κ3) is 2.46. The number of fused-ring (bicyclic) bond motifs is 1. The second-order valence-electron chi connectivity index (χ2n) is 3.07. The van der Waals surface area contributed by atoms with E-state index in [0.717, 1.165) is 12.1 Å². The van der Waals surface area contributed by atoms with Gasteiger partial charge in [0.05, 0.1) is 5.69 Å². The molecule has 15 heavy (non-hydrogen) atoms. The maximum atomic E-state index is 5.69. The van der Waals surface area contributed by atoms with Gasteiger partial charge in [0.1, 0.15) is 5.82 Å². The highest BCUT2D eigenvalue weighted by Crippen LogP contribution is 2.19. The molecule has 0 aliphatic rings. The zero-order valence-corrected chi connectivity index (χ0v) is 9.62. The zero-order chi connectivity index (χ0) is 11.3. The summed E-state index contributed by atoms with van der Waals surface area (Å²) in [5.41, 5.74) is 6.77. The van der Waals surface area contributed by atoms with Crippen molar-refractivity contribution in [3.05, 3.63) is 36.0 Å². The van der Waals surface area contributed by atoms with Crippen molar-refractivity contribution in [1.82, 2.24) is 4.98 Å². The maximum Gasteiger partial charge on any atom is 0.124 e. The topological polar surface area (TPSA) is 38.9 Å². The Morgan fingerprint density at radius 1 is 1.20 bits per heavy atom. The van der Waals surface area contributed by atoms with Crippen LogP contribution in [-0.4, -0.2) is 4.98 Å². The van der Waals surface area contributed by atoms with E-state index in [9.17, 15) is 0 Å². The highest BCUT2D eigenvalue weighted by Gasteiger charge is 2.00. The second-order valence-corrected chi connectivity index (χ2v) is 3.07. The van der Waals surface area contributed by atoms with Gasteiger partial charge in [-0.1, -0.05) is 45.0 Å². The number of nitrogen functional groups attached to an aromatic ring is 1. The molecule has 0 radical (unpaired) electrons. The Hall–Kier alpha value is -1.57. The van der Waals surface area contributed by atoms with Crippen LogP contribution >= 0.6 is 0 Å². The summed E-state index contributed by atoms with van der Waals surface area (Å²) in [5, 5.41) is 2.38. The smallest absolute Gasteiger partial charge is 0.124 e. The first-order valence-electron chi connectivity index (χ1n) is 5.45. The first-order valence-corrected chi connectivity index (χ1v) is 5.45. The predicted molar refractivity (Wildman–Crippen MR) is 66.9 cm³/mol. The van der Waals surface area contributed by atoms with E-state index >= 15 is 0 Å². The predicted octanol–water partition coefficient (Wildman–Crippen LogP) is 3.41. The summed E-state index contributed by atoms with van der Waals surface area (Å²) < 4.78 is 0. The number of nitrogens with two attached hydrogens (primary N) is 1. The fourth-order valence-corrected chi connectivity index (χ4v) is 1.56. The quantitative estimate of drug-likeness (QED) is 0.769. The molecule has 1 aromatic carbocycles. The molecule has 2 heteroatoms. The average Bonchev–Trinajstić information content (AvgIpc) is 2.30. The summed E-state index contributed by atoms with van der Waals surface area (Å²) in [6.45, 7) is 6.09.